The maximum atomic E-state index is 12.2. The van der Waals surface area contributed by atoms with Crippen LogP contribution in [0.5, 0.6) is 0 Å². The largest absolute Gasteiger partial charge is 0.352 e. The summed E-state index contributed by atoms with van der Waals surface area (Å²) in [5, 5.41) is 2.40. The van der Waals surface area contributed by atoms with Gasteiger partial charge in [0, 0.05) is 25.0 Å². The third kappa shape index (κ3) is 4.97. The van der Waals surface area contributed by atoms with E-state index in [4.69, 9.17) is 5.73 Å². The zero-order valence-electron chi connectivity index (χ0n) is 15.5. The molecule has 3 rings (SSSR count). The Morgan fingerprint density at radius 2 is 1.92 bits per heavy atom. The number of aryl methyl sites for hydroxylation is 1. The summed E-state index contributed by atoms with van der Waals surface area (Å²) >= 11 is 0. The number of hydrogen-bond acceptors (Lipinski definition) is 3. The van der Waals surface area contributed by atoms with E-state index in [0.29, 0.717) is 0 Å². The number of piperidine rings is 1. The maximum absolute atomic E-state index is 12.2. The summed E-state index contributed by atoms with van der Waals surface area (Å²) in [5.74, 6) is -0.0260. The van der Waals surface area contributed by atoms with Gasteiger partial charge < -0.3 is 20.9 Å². The minimum atomic E-state index is -0.644. The lowest BCUT2D eigenvalue weighted by Crippen LogP contribution is -2.47. The van der Waals surface area contributed by atoms with Crippen LogP contribution < -0.4 is 11.1 Å². The van der Waals surface area contributed by atoms with Crippen molar-refractivity contribution >= 4 is 11.9 Å². The predicted octanol–water partition coefficient (Wildman–Crippen LogP) is 1.60. The van der Waals surface area contributed by atoms with Gasteiger partial charge in [0.05, 0.1) is 6.54 Å². The summed E-state index contributed by atoms with van der Waals surface area (Å²) in [5.41, 5.74) is 6.69. The van der Waals surface area contributed by atoms with Crippen LogP contribution in [0.2, 0.25) is 0 Å². The summed E-state index contributed by atoms with van der Waals surface area (Å²) in [6.07, 6.45) is 5.74. The van der Waals surface area contributed by atoms with Crippen molar-refractivity contribution in [2.75, 3.05) is 39.3 Å². The van der Waals surface area contributed by atoms with Crippen LogP contribution >= 0.6 is 0 Å². The first-order chi connectivity index (χ1) is 12.6. The molecule has 0 saturated carbocycles. The number of benzene rings is 1. The molecular formula is C20H30N4O2. The van der Waals surface area contributed by atoms with Gasteiger partial charge in [0.2, 0.25) is 5.91 Å². The summed E-state index contributed by atoms with van der Waals surface area (Å²) in [4.78, 5) is 27.5. The Kier molecular flexibility index (Phi) is 6.14. The smallest absolute Gasteiger partial charge is 0.312 e. The molecule has 2 saturated heterocycles. The highest BCUT2D eigenvalue weighted by Crippen LogP contribution is 2.39. The number of carbonyl (C=O) groups excluding carboxylic acids is 2. The molecule has 2 aliphatic heterocycles. The lowest BCUT2D eigenvalue weighted by Gasteiger charge is -2.40. The number of nitrogens with two attached hydrogens (primary N) is 1. The van der Waals surface area contributed by atoms with Crippen molar-refractivity contribution in [2.45, 2.75) is 32.1 Å². The van der Waals surface area contributed by atoms with E-state index in [-0.39, 0.29) is 17.9 Å². The predicted molar refractivity (Wildman–Crippen MR) is 102 cm³/mol. The topological polar surface area (TPSA) is 78.7 Å². The summed E-state index contributed by atoms with van der Waals surface area (Å²) in [6.45, 7) is 4.96. The zero-order valence-corrected chi connectivity index (χ0v) is 15.5. The molecule has 0 bridgehead atoms. The minimum absolute atomic E-state index is 0.00615. The summed E-state index contributed by atoms with van der Waals surface area (Å²) in [6, 6.07) is 10.0. The number of rotatable bonds is 6. The van der Waals surface area contributed by atoms with Gasteiger partial charge in [0.15, 0.2) is 0 Å². The van der Waals surface area contributed by atoms with E-state index in [0.717, 1.165) is 45.6 Å². The monoisotopic (exact) mass is 358 g/mol. The van der Waals surface area contributed by atoms with Crippen LogP contribution in [-0.4, -0.2) is 61.0 Å². The lowest BCUT2D eigenvalue weighted by molar-refractivity contribution is -0.129. The van der Waals surface area contributed by atoms with Crippen LogP contribution in [0.4, 0.5) is 4.79 Å². The average Bonchev–Trinajstić information content (AvgIpc) is 3.04. The molecule has 0 radical (unpaired) electrons. The number of likely N-dealkylation sites (tertiary alicyclic amines) is 2. The molecule has 1 aromatic rings. The van der Waals surface area contributed by atoms with Crippen LogP contribution in [0, 0.1) is 5.41 Å². The molecule has 2 fully saturated rings. The first kappa shape index (κ1) is 18.7. The minimum Gasteiger partial charge on any atom is -0.352 e. The molecule has 2 aliphatic rings. The SMILES string of the molecule is NC(=O)NCC(=O)N1CC[C@]2(CCCN(CCCc3ccccc3)C2)C1. The molecule has 6 nitrogen and oxygen atoms in total. The molecule has 0 aromatic heterocycles. The Bertz CT molecular complexity index is 621. The van der Waals surface area contributed by atoms with Gasteiger partial charge in [-0.15, -0.1) is 0 Å². The standard InChI is InChI=1S/C20H30N4O2/c21-19(26)22-14-18(25)24-13-10-20(16-24)9-5-12-23(15-20)11-4-8-17-6-2-1-3-7-17/h1-3,6-7H,4-5,8-16H2,(H3,21,22,26)/t20-/m0/s1. The Morgan fingerprint density at radius 1 is 1.12 bits per heavy atom. The van der Waals surface area contributed by atoms with Gasteiger partial charge in [-0.05, 0) is 50.8 Å². The second-order valence-corrected chi connectivity index (χ2v) is 7.75. The molecular weight excluding hydrogens is 328 g/mol. The van der Waals surface area contributed by atoms with Crippen molar-refractivity contribution in [2.24, 2.45) is 11.1 Å². The summed E-state index contributed by atoms with van der Waals surface area (Å²) in [7, 11) is 0. The van der Waals surface area contributed by atoms with E-state index in [1.54, 1.807) is 0 Å². The third-order valence-electron chi connectivity index (χ3n) is 5.73. The van der Waals surface area contributed by atoms with Crippen molar-refractivity contribution in [3.05, 3.63) is 35.9 Å². The van der Waals surface area contributed by atoms with Crippen molar-refractivity contribution in [3.63, 3.8) is 0 Å². The van der Waals surface area contributed by atoms with Crippen molar-refractivity contribution < 1.29 is 9.59 Å². The van der Waals surface area contributed by atoms with E-state index >= 15 is 0 Å². The quantitative estimate of drug-likeness (QED) is 0.811. The van der Waals surface area contributed by atoms with Crippen LogP contribution in [0.3, 0.4) is 0 Å². The molecule has 0 unspecified atom stereocenters. The highest BCUT2D eigenvalue weighted by atomic mass is 16.2. The van der Waals surface area contributed by atoms with Gasteiger partial charge >= 0.3 is 6.03 Å². The normalized spacial score (nSPS) is 23.3. The second-order valence-electron chi connectivity index (χ2n) is 7.75. The van der Waals surface area contributed by atoms with Crippen molar-refractivity contribution in [3.8, 4) is 0 Å². The maximum Gasteiger partial charge on any atom is 0.312 e. The molecule has 6 heteroatoms. The fourth-order valence-corrected chi connectivity index (χ4v) is 4.41. The molecule has 1 aromatic carbocycles. The fraction of sp³-hybridized carbons (Fsp3) is 0.600. The van der Waals surface area contributed by atoms with Crippen LogP contribution in [-0.2, 0) is 11.2 Å². The van der Waals surface area contributed by atoms with E-state index in [9.17, 15) is 9.59 Å². The highest BCUT2D eigenvalue weighted by molar-refractivity contribution is 5.83. The van der Waals surface area contributed by atoms with E-state index in [1.165, 1.54) is 24.8 Å². The molecule has 26 heavy (non-hydrogen) atoms. The first-order valence-electron chi connectivity index (χ1n) is 9.64. The summed E-state index contributed by atoms with van der Waals surface area (Å²) < 4.78 is 0. The Morgan fingerprint density at radius 3 is 2.69 bits per heavy atom. The zero-order chi connectivity index (χ0) is 18.4. The van der Waals surface area contributed by atoms with Gasteiger partial charge in [-0.3, -0.25) is 4.79 Å². The molecule has 2 heterocycles. The van der Waals surface area contributed by atoms with Gasteiger partial charge in [-0.2, -0.15) is 0 Å². The van der Waals surface area contributed by atoms with Gasteiger partial charge in [0.1, 0.15) is 0 Å². The first-order valence-corrected chi connectivity index (χ1v) is 9.64. The van der Waals surface area contributed by atoms with E-state index in [2.05, 4.69) is 40.5 Å². The highest BCUT2D eigenvalue weighted by Gasteiger charge is 2.42. The number of hydrogen-bond donors (Lipinski definition) is 2. The number of nitrogens with one attached hydrogen (secondary N) is 1. The second kappa shape index (κ2) is 8.54. The Hall–Kier alpha value is -2.08. The molecule has 1 atom stereocenters. The number of carbonyl (C=O) groups is 2. The van der Waals surface area contributed by atoms with E-state index < -0.39 is 6.03 Å². The Labute approximate surface area is 155 Å². The number of urea groups is 1. The third-order valence-corrected chi connectivity index (χ3v) is 5.73. The Balaban J connectivity index is 1.45. The molecule has 142 valence electrons. The van der Waals surface area contributed by atoms with Crippen LogP contribution in [0.15, 0.2) is 30.3 Å². The van der Waals surface area contributed by atoms with Crippen molar-refractivity contribution in [1.82, 2.24) is 15.1 Å². The molecule has 1 spiro atoms. The lowest BCUT2D eigenvalue weighted by atomic mass is 9.79. The molecule has 3 amide bonds. The number of nitrogens with zero attached hydrogens (tertiary/aromatic N) is 2. The van der Waals surface area contributed by atoms with Crippen molar-refractivity contribution in [1.29, 1.82) is 0 Å². The van der Waals surface area contributed by atoms with Gasteiger partial charge in [0.25, 0.3) is 0 Å². The average molecular weight is 358 g/mol. The van der Waals surface area contributed by atoms with Crippen LogP contribution in [0.25, 0.3) is 0 Å². The fourth-order valence-electron chi connectivity index (χ4n) is 4.41. The molecule has 0 aliphatic carbocycles. The van der Waals surface area contributed by atoms with Gasteiger partial charge in [-0.1, -0.05) is 30.3 Å². The van der Waals surface area contributed by atoms with Gasteiger partial charge in [-0.25, -0.2) is 4.79 Å². The number of primary amides is 1. The molecule has 3 N–H and O–H groups in total. The number of amides is 3. The van der Waals surface area contributed by atoms with E-state index in [1.807, 2.05) is 4.90 Å². The van der Waals surface area contributed by atoms with Crippen LogP contribution in [0.1, 0.15) is 31.2 Å².